The van der Waals surface area contributed by atoms with Gasteiger partial charge in [0, 0.05) is 5.56 Å². The summed E-state index contributed by atoms with van der Waals surface area (Å²) >= 11 is 0. The van der Waals surface area contributed by atoms with Crippen molar-refractivity contribution in [3.05, 3.63) is 11.3 Å². The number of aromatic nitrogens is 2. The third-order valence-electron chi connectivity index (χ3n) is 2.44. The van der Waals surface area contributed by atoms with Crippen LogP contribution >= 0.6 is 0 Å². The van der Waals surface area contributed by atoms with E-state index in [0.29, 0.717) is 17.8 Å². The van der Waals surface area contributed by atoms with Crippen molar-refractivity contribution >= 4 is 0 Å². The Balaban J connectivity index is 2.46. The number of rotatable bonds is 3. The van der Waals surface area contributed by atoms with E-state index >= 15 is 0 Å². The average molecular weight is 194 g/mol. The molecule has 0 unspecified atom stereocenters. The first-order chi connectivity index (χ1) is 6.76. The van der Waals surface area contributed by atoms with E-state index < -0.39 is 0 Å². The van der Waals surface area contributed by atoms with Gasteiger partial charge in [-0.3, -0.25) is 0 Å². The van der Waals surface area contributed by atoms with Crippen LogP contribution in [0, 0.1) is 6.92 Å². The zero-order valence-electron chi connectivity index (χ0n) is 8.70. The van der Waals surface area contributed by atoms with Crippen LogP contribution in [0.15, 0.2) is 0 Å². The van der Waals surface area contributed by atoms with Crippen LogP contribution in [0.3, 0.4) is 0 Å². The smallest absolute Gasteiger partial charge is 0.319 e. The highest BCUT2D eigenvalue weighted by molar-refractivity contribution is 5.37. The monoisotopic (exact) mass is 194 g/mol. The molecule has 1 aliphatic carbocycles. The van der Waals surface area contributed by atoms with E-state index in [9.17, 15) is 0 Å². The molecule has 1 aromatic rings. The van der Waals surface area contributed by atoms with Gasteiger partial charge < -0.3 is 9.47 Å². The summed E-state index contributed by atoms with van der Waals surface area (Å²) in [5.74, 6) is 1.26. The van der Waals surface area contributed by atoms with Crippen molar-refractivity contribution in [1.82, 2.24) is 9.97 Å². The molecule has 4 heteroatoms. The van der Waals surface area contributed by atoms with Crippen molar-refractivity contribution < 1.29 is 9.47 Å². The SMILES string of the molecule is COc1nc(C)c(C2CC2)c(OC)n1. The summed E-state index contributed by atoms with van der Waals surface area (Å²) in [6.45, 7) is 1.97. The van der Waals surface area contributed by atoms with Crippen molar-refractivity contribution in [3.8, 4) is 11.9 Å². The molecule has 2 rings (SSSR count). The van der Waals surface area contributed by atoms with Gasteiger partial charge in [0.05, 0.1) is 19.9 Å². The Hall–Kier alpha value is -1.32. The Morgan fingerprint density at radius 3 is 2.36 bits per heavy atom. The van der Waals surface area contributed by atoms with Crippen LogP contribution in [-0.2, 0) is 0 Å². The zero-order valence-corrected chi connectivity index (χ0v) is 8.70. The molecule has 1 aliphatic rings. The summed E-state index contributed by atoms with van der Waals surface area (Å²) in [5.41, 5.74) is 2.12. The van der Waals surface area contributed by atoms with E-state index in [0.717, 1.165) is 11.3 Å². The first-order valence-corrected chi connectivity index (χ1v) is 4.72. The quantitative estimate of drug-likeness (QED) is 0.734. The number of ether oxygens (including phenoxy) is 2. The highest BCUT2D eigenvalue weighted by atomic mass is 16.5. The maximum atomic E-state index is 5.24. The van der Waals surface area contributed by atoms with Gasteiger partial charge in [-0.1, -0.05) is 0 Å². The minimum absolute atomic E-state index is 0.378. The highest BCUT2D eigenvalue weighted by Gasteiger charge is 2.30. The molecule has 0 radical (unpaired) electrons. The van der Waals surface area contributed by atoms with Gasteiger partial charge in [0.15, 0.2) is 0 Å². The number of methoxy groups -OCH3 is 2. The Bertz CT molecular complexity index is 348. The molecule has 1 heterocycles. The van der Waals surface area contributed by atoms with E-state index in [1.54, 1.807) is 14.2 Å². The van der Waals surface area contributed by atoms with E-state index in [1.807, 2.05) is 6.92 Å². The molecule has 4 nitrogen and oxygen atoms in total. The first-order valence-electron chi connectivity index (χ1n) is 4.72. The van der Waals surface area contributed by atoms with Crippen molar-refractivity contribution in [2.45, 2.75) is 25.7 Å². The van der Waals surface area contributed by atoms with Gasteiger partial charge in [0.2, 0.25) is 5.88 Å². The lowest BCUT2D eigenvalue weighted by Gasteiger charge is -2.10. The van der Waals surface area contributed by atoms with Gasteiger partial charge in [0.25, 0.3) is 0 Å². The molecule has 0 saturated heterocycles. The second kappa shape index (κ2) is 3.44. The lowest BCUT2D eigenvalue weighted by molar-refractivity contribution is 0.347. The molecule has 0 aromatic carbocycles. The second-order valence-electron chi connectivity index (χ2n) is 3.49. The van der Waals surface area contributed by atoms with Crippen LogP contribution < -0.4 is 9.47 Å². The Morgan fingerprint density at radius 1 is 1.14 bits per heavy atom. The van der Waals surface area contributed by atoms with Crippen LogP contribution in [-0.4, -0.2) is 24.2 Å². The average Bonchev–Trinajstić information content (AvgIpc) is 3.00. The van der Waals surface area contributed by atoms with Gasteiger partial charge >= 0.3 is 6.01 Å². The number of hydrogen-bond donors (Lipinski definition) is 0. The van der Waals surface area contributed by atoms with Gasteiger partial charge in [-0.25, -0.2) is 4.98 Å². The van der Waals surface area contributed by atoms with E-state index in [4.69, 9.17) is 9.47 Å². The number of aryl methyl sites for hydroxylation is 1. The Kier molecular flexibility index (Phi) is 2.27. The molecule has 0 N–H and O–H groups in total. The highest BCUT2D eigenvalue weighted by Crippen LogP contribution is 2.45. The molecule has 0 amide bonds. The number of hydrogen-bond acceptors (Lipinski definition) is 4. The molecule has 0 atom stereocenters. The van der Waals surface area contributed by atoms with Crippen LogP contribution in [0.4, 0.5) is 0 Å². The molecule has 0 spiro atoms. The van der Waals surface area contributed by atoms with Gasteiger partial charge in [0.1, 0.15) is 0 Å². The maximum absolute atomic E-state index is 5.24. The summed E-state index contributed by atoms with van der Waals surface area (Å²) < 4.78 is 10.2. The molecule has 1 aromatic heterocycles. The summed E-state index contributed by atoms with van der Waals surface area (Å²) in [6, 6.07) is 0.378. The third-order valence-corrected chi connectivity index (χ3v) is 2.44. The van der Waals surface area contributed by atoms with Crippen LogP contribution in [0.5, 0.6) is 11.9 Å². The maximum Gasteiger partial charge on any atom is 0.319 e. The predicted octanol–water partition coefficient (Wildman–Crippen LogP) is 1.68. The van der Waals surface area contributed by atoms with E-state index in [1.165, 1.54) is 12.8 Å². The normalized spacial score (nSPS) is 15.4. The molecule has 76 valence electrons. The molecule has 0 aliphatic heterocycles. The largest absolute Gasteiger partial charge is 0.481 e. The molecule has 1 fully saturated rings. The molecule has 14 heavy (non-hydrogen) atoms. The fourth-order valence-electron chi connectivity index (χ4n) is 1.62. The molecular formula is C10H14N2O2. The summed E-state index contributed by atoms with van der Waals surface area (Å²) in [4.78, 5) is 8.42. The zero-order chi connectivity index (χ0) is 10.1. The Labute approximate surface area is 83.3 Å². The number of nitrogens with zero attached hydrogens (tertiary/aromatic N) is 2. The second-order valence-corrected chi connectivity index (χ2v) is 3.49. The van der Waals surface area contributed by atoms with Gasteiger partial charge in [-0.2, -0.15) is 4.98 Å². The van der Waals surface area contributed by atoms with Crippen LogP contribution in [0.25, 0.3) is 0 Å². The molecular weight excluding hydrogens is 180 g/mol. The third kappa shape index (κ3) is 1.52. The predicted molar refractivity (Wildman–Crippen MR) is 51.8 cm³/mol. The molecule has 0 bridgehead atoms. The fourth-order valence-corrected chi connectivity index (χ4v) is 1.62. The Morgan fingerprint density at radius 2 is 1.86 bits per heavy atom. The summed E-state index contributed by atoms with van der Waals surface area (Å²) in [5, 5.41) is 0. The lowest BCUT2D eigenvalue weighted by atomic mass is 10.1. The van der Waals surface area contributed by atoms with E-state index in [-0.39, 0.29) is 0 Å². The topological polar surface area (TPSA) is 44.2 Å². The van der Waals surface area contributed by atoms with Crippen molar-refractivity contribution in [1.29, 1.82) is 0 Å². The van der Waals surface area contributed by atoms with Gasteiger partial charge in [-0.15, -0.1) is 0 Å². The van der Waals surface area contributed by atoms with Crippen molar-refractivity contribution in [2.24, 2.45) is 0 Å². The summed E-state index contributed by atoms with van der Waals surface area (Å²) in [6.07, 6.45) is 2.43. The standard InChI is InChI=1S/C10H14N2O2/c1-6-8(7-4-5-7)9(13-2)12-10(11-6)14-3/h7H,4-5H2,1-3H3. The van der Waals surface area contributed by atoms with Crippen molar-refractivity contribution in [2.75, 3.05) is 14.2 Å². The minimum atomic E-state index is 0.378. The fraction of sp³-hybridized carbons (Fsp3) is 0.600. The van der Waals surface area contributed by atoms with Crippen molar-refractivity contribution in [3.63, 3.8) is 0 Å². The summed E-state index contributed by atoms with van der Waals surface area (Å²) in [7, 11) is 3.19. The first kappa shape index (κ1) is 9.24. The van der Waals surface area contributed by atoms with Gasteiger partial charge in [-0.05, 0) is 25.7 Å². The molecule has 1 saturated carbocycles. The van der Waals surface area contributed by atoms with Crippen LogP contribution in [0.1, 0.15) is 30.0 Å². The van der Waals surface area contributed by atoms with E-state index in [2.05, 4.69) is 9.97 Å². The van der Waals surface area contributed by atoms with Crippen LogP contribution in [0.2, 0.25) is 0 Å². The minimum Gasteiger partial charge on any atom is -0.481 e. The lowest BCUT2D eigenvalue weighted by Crippen LogP contribution is -2.02.